The van der Waals surface area contributed by atoms with Gasteiger partial charge in [0.25, 0.3) is 0 Å². The predicted octanol–water partition coefficient (Wildman–Crippen LogP) is 3.62. The molecule has 2 N–H and O–H groups in total. The van der Waals surface area contributed by atoms with E-state index < -0.39 is 0 Å². The minimum atomic E-state index is -0.143. The van der Waals surface area contributed by atoms with Gasteiger partial charge in [-0.3, -0.25) is 4.79 Å². The number of anilines is 1. The summed E-state index contributed by atoms with van der Waals surface area (Å²) in [5.41, 5.74) is 0.839. The highest BCUT2D eigenvalue weighted by Crippen LogP contribution is 2.23. The molecule has 3 nitrogen and oxygen atoms in total. The molecule has 0 atom stereocenters. The number of carbonyl (C=O) groups is 1. The van der Waals surface area contributed by atoms with Gasteiger partial charge in [-0.15, -0.1) is 11.3 Å². The van der Waals surface area contributed by atoms with Crippen LogP contribution in [0.2, 0.25) is 0 Å². The molecule has 0 saturated heterocycles. The quantitative estimate of drug-likeness (QED) is 0.875. The zero-order chi connectivity index (χ0) is 13.9. The molecule has 0 aliphatic carbocycles. The van der Waals surface area contributed by atoms with Crippen molar-refractivity contribution in [1.82, 2.24) is 5.32 Å². The Hall–Kier alpha value is -1.55. The lowest BCUT2D eigenvalue weighted by Crippen LogP contribution is -2.45. The van der Waals surface area contributed by atoms with Crippen molar-refractivity contribution < 1.29 is 4.79 Å². The highest BCUT2D eigenvalue weighted by Gasteiger charge is 2.17. The lowest BCUT2D eigenvalue weighted by Gasteiger charge is -2.24. The highest BCUT2D eigenvalue weighted by atomic mass is 32.1. The molecule has 1 aromatic carbocycles. The van der Waals surface area contributed by atoms with Crippen LogP contribution in [0, 0.1) is 0 Å². The fourth-order valence-electron chi connectivity index (χ4n) is 1.77. The topological polar surface area (TPSA) is 41.1 Å². The van der Waals surface area contributed by atoms with Crippen molar-refractivity contribution in [3.63, 3.8) is 0 Å². The third-order valence-corrected chi connectivity index (χ3v) is 4.17. The van der Waals surface area contributed by atoms with Crippen molar-refractivity contribution in [3.05, 3.63) is 29.6 Å². The fourth-order valence-corrected chi connectivity index (χ4v) is 2.54. The van der Waals surface area contributed by atoms with E-state index in [1.165, 1.54) is 10.1 Å². The molecule has 0 bridgehead atoms. The third kappa shape index (κ3) is 3.70. The summed E-state index contributed by atoms with van der Waals surface area (Å²) in [6, 6.07) is 8.25. The first-order valence-corrected chi connectivity index (χ1v) is 7.40. The zero-order valence-electron chi connectivity index (χ0n) is 11.6. The fraction of sp³-hybridized carbons (Fsp3) is 0.400. The predicted molar refractivity (Wildman–Crippen MR) is 82.8 cm³/mol. The number of rotatable bonds is 5. The van der Waals surface area contributed by atoms with Gasteiger partial charge >= 0.3 is 0 Å². The molecule has 1 heterocycles. The molecule has 0 saturated carbocycles. The number of hydrogen-bond donors (Lipinski definition) is 2. The standard InChI is InChI=1S/C15H20N2OS/c1-4-15(2,3)17-14(18)10-16-12-5-6-13-11(9-12)7-8-19-13/h5-9,16H,4,10H2,1-3H3,(H,17,18). The Morgan fingerprint density at radius 3 is 2.84 bits per heavy atom. The van der Waals surface area contributed by atoms with Crippen LogP contribution in [0.15, 0.2) is 29.6 Å². The molecule has 2 aromatic rings. The van der Waals surface area contributed by atoms with E-state index in [0.717, 1.165) is 12.1 Å². The van der Waals surface area contributed by atoms with E-state index in [2.05, 4.69) is 41.1 Å². The average molecular weight is 276 g/mol. The van der Waals surface area contributed by atoms with Crippen LogP contribution in [0.3, 0.4) is 0 Å². The molecule has 0 aliphatic heterocycles. The SMILES string of the molecule is CCC(C)(C)NC(=O)CNc1ccc2sccc2c1. The summed E-state index contributed by atoms with van der Waals surface area (Å²) < 4.78 is 1.27. The number of fused-ring (bicyclic) bond motifs is 1. The number of amides is 1. The lowest BCUT2D eigenvalue weighted by molar-refractivity contribution is -0.121. The maximum atomic E-state index is 11.8. The van der Waals surface area contributed by atoms with Crippen molar-refractivity contribution in [2.75, 3.05) is 11.9 Å². The molecule has 19 heavy (non-hydrogen) atoms. The Morgan fingerprint density at radius 1 is 1.32 bits per heavy atom. The summed E-state index contributed by atoms with van der Waals surface area (Å²) in [5.74, 6) is 0.0252. The first-order valence-electron chi connectivity index (χ1n) is 6.52. The molecule has 0 spiro atoms. The number of nitrogens with one attached hydrogen (secondary N) is 2. The third-order valence-electron chi connectivity index (χ3n) is 3.27. The summed E-state index contributed by atoms with van der Waals surface area (Å²) >= 11 is 1.72. The summed E-state index contributed by atoms with van der Waals surface area (Å²) in [7, 11) is 0. The van der Waals surface area contributed by atoms with Crippen LogP contribution < -0.4 is 10.6 Å². The second-order valence-corrected chi connectivity index (χ2v) is 6.26. The van der Waals surface area contributed by atoms with Gasteiger partial charge in [0.1, 0.15) is 0 Å². The Bertz CT molecular complexity index is 574. The van der Waals surface area contributed by atoms with Crippen LogP contribution in [0.25, 0.3) is 10.1 Å². The van der Waals surface area contributed by atoms with Gasteiger partial charge in [-0.2, -0.15) is 0 Å². The summed E-state index contributed by atoms with van der Waals surface area (Å²) in [4.78, 5) is 11.8. The average Bonchev–Trinajstić information content (AvgIpc) is 2.83. The van der Waals surface area contributed by atoms with Crippen molar-refractivity contribution >= 4 is 33.0 Å². The Labute approximate surface area is 118 Å². The van der Waals surface area contributed by atoms with Crippen LogP contribution in [0.1, 0.15) is 27.2 Å². The number of carbonyl (C=O) groups excluding carboxylic acids is 1. The molecule has 102 valence electrons. The van der Waals surface area contributed by atoms with E-state index in [-0.39, 0.29) is 11.4 Å². The maximum absolute atomic E-state index is 11.8. The zero-order valence-corrected chi connectivity index (χ0v) is 12.4. The second-order valence-electron chi connectivity index (χ2n) is 5.31. The van der Waals surface area contributed by atoms with E-state index in [4.69, 9.17) is 0 Å². The van der Waals surface area contributed by atoms with E-state index in [1.54, 1.807) is 11.3 Å². The summed E-state index contributed by atoms with van der Waals surface area (Å²) in [6.07, 6.45) is 0.916. The van der Waals surface area contributed by atoms with Crippen molar-refractivity contribution in [3.8, 4) is 0 Å². The molecule has 0 unspecified atom stereocenters. The van der Waals surface area contributed by atoms with E-state index in [9.17, 15) is 4.79 Å². The smallest absolute Gasteiger partial charge is 0.239 e. The van der Waals surface area contributed by atoms with Crippen molar-refractivity contribution in [1.29, 1.82) is 0 Å². The number of benzene rings is 1. The molecule has 2 rings (SSSR count). The molecular weight excluding hydrogens is 256 g/mol. The summed E-state index contributed by atoms with van der Waals surface area (Å²) in [6.45, 7) is 6.43. The molecule has 0 fully saturated rings. The van der Waals surface area contributed by atoms with Gasteiger partial charge in [0.2, 0.25) is 5.91 Å². The Balaban J connectivity index is 1.93. The minimum absolute atomic E-state index is 0.0252. The number of hydrogen-bond acceptors (Lipinski definition) is 3. The first kappa shape index (κ1) is 13.9. The molecular formula is C15H20N2OS. The molecule has 4 heteroatoms. The molecule has 1 aromatic heterocycles. The van der Waals surface area contributed by atoms with Gasteiger partial charge in [0.15, 0.2) is 0 Å². The van der Waals surface area contributed by atoms with E-state index in [0.29, 0.717) is 6.54 Å². The van der Waals surface area contributed by atoms with Gasteiger partial charge in [-0.1, -0.05) is 6.92 Å². The maximum Gasteiger partial charge on any atom is 0.239 e. The van der Waals surface area contributed by atoms with Crippen LogP contribution >= 0.6 is 11.3 Å². The molecule has 0 aliphatic rings. The van der Waals surface area contributed by atoms with Crippen LogP contribution in [0.5, 0.6) is 0 Å². The minimum Gasteiger partial charge on any atom is -0.376 e. The van der Waals surface area contributed by atoms with Crippen LogP contribution in [-0.2, 0) is 4.79 Å². The summed E-state index contributed by atoms with van der Waals surface area (Å²) in [5, 5.41) is 9.46. The Kier molecular flexibility index (Phi) is 4.10. The van der Waals surface area contributed by atoms with Gasteiger partial charge in [-0.25, -0.2) is 0 Å². The van der Waals surface area contributed by atoms with Crippen LogP contribution in [-0.4, -0.2) is 18.0 Å². The van der Waals surface area contributed by atoms with Gasteiger partial charge in [-0.05, 0) is 55.3 Å². The van der Waals surface area contributed by atoms with E-state index in [1.807, 2.05) is 19.9 Å². The van der Waals surface area contributed by atoms with Crippen LogP contribution in [0.4, 0.5) is 5.69 Å². The monoisotopic (exact) mass is 276 g/mol. The second kappa shape index (κ2) is 5.61. The number of thiophene rings is 1. The van der Waals surface area contributed by atoms with E-state index >= 15 is 0 Å². The highest BCUT2D eigenvalue weighted by molar-refractivity contribution is 7.17. The van der Waals surface area contributed by atoms with Crippen molar-refractivity contribution in [2.24, 2.45) is 0 Å². The first-order chi connectivity index (χ1) is 9.00. The van der Waals surface area contributed by atoms with Gasteiger partial charge in [0, 0.05) is 15.9 Å². The molecule has 1 amide bonds. The largest absolute Gasteiger partial charge is 0.376 e. The van der Waals surface area contributed by atoms with Crippen molar-refractivity contribution in [2.45, 2.75) is 32.7 Å². The van der Waals surface area contributed by atoms with Gasteiger partial charge < -0.3 is 10.6 Å². The Morgan fingerprint density at radius 2 is 2.11 bits per heavy atom. The molecule has 0 radical (unpaired) electrons. The van der Waals surface area contributed by atoms with Gasteiger partial charge in [0.05, 0.1) is 6.54 Å². The lowest BCUT2D eigenvalue weighted by atomic mass is 10.0. The normalized spacial score (nSPS) is 11.5.